The maximum Gasteiger partial charge on any atom is 0.452 e. The number of halogens is 3. The van der Waals surface area contributed by atoms with E-state index >= 15 is 0 Å². The Bertz CT molecular complexity index is 542. The van der Waals surface area contributed by atoms with Crippen molar-refractivity contribution in [1.82, 2.24) is 14.6 Å². The van der Waals surface area contributed by atoms with E-state index in [9.17, 15) is 18.2 Å². The molecule has 0 radical (unpaired) electrons. The first kappa shape index (κ1) is 11.9. The zero-order valence-corrected chi connectivity index (χ0v) is 8.39. The number of aliphatic hydroxyl groups is 1. The van der Waals surface area contributed by atoms with Gasteiger partial charge in [-0.15, -0.1) is 10.2 Å². The second-order valence-corrected chi connectivity index (χ2v) is 3.41. The van der Waals surface area contributed by atoms with E-state index in [-0.39, 0.29) is 11.1 Å². The lowest BCUT2D eigenvalue weighted by Gasteiger charge is -2.07. The van der Waals surface area contributed by atoms with Gasteiger partial charge in [-0.05, 0) is 11.5 Å². The number of alkyl halides is 3. The minimum atomic E-state index is -4.62. The monoisotopic (exact) mass is 245 g/mol. The van der Waals surface area contributed by atoms with Crippen LogP contribution in [0, 0.1) is 0 Å². The lowest BCUT2D eigenvalue weighted by molar-refractivity contribution is -0.145. The van der Waals surface area contributed by atoms with Crippen LogP contribution in [0.4, 0.5) is 13.2 Å². The third-order valence-corrected chi connectivity index (χ3v) is 2.24. The van der Waals surface area contributed by atoms with Gasteiger partial charge in [0.15, 0.2) is 5.65 Å². The van der Waals surface area contributed by atoms with Crippen LogP contribution in [0.2, 0.25) is 0 Å². The Kier molecular flexibility index (Phi) is 2.80. The Balaban J connectivity index is 2.58. The third kappa shape index (κ3) is 2.11. The van der Waals surface area contributed by atoms with Gasteiger partial charge in [0.2, 0.25) is 5.82 Å². The summed E-state index contributed by atoms with van der Waals surface area (Å²) in [6, 6.07) is 2.67. The smallest absolute Gasteiger partial charge is 0.445 e. The molecule has 90 valence electrons. The van der Waals surface area contributed by atoms with Crippen molar-refractivity contribution in [1.29, 1.82) is 0 Å². The van der Waals surface area contributed by atoms with Crippen molar-refractivity contribution in [2.24, 2.45) is 0 Å². The molecule has 0 amide bonds. The van der Waals surface area contributed by atoms with Gasteiger partial charge in [0, 0.05) is 6.20 Å². The second kappa shape index (κ2) is 4.00. The Morgan fingerprint density at radius 3 is 2.59 bits per heavy atom. The number of nitrogens with zero attached hydrogens (tertiary/aromatic N) is 3. The highest BCUT2D eigenvalue weighted by Gasteiger charge is 2.37. The quantitative estimate of drug-likeness (QED) is 0.698. The Labute approximate surface area is 93.6 Å². The normalized spacial score (nSPS) is 12.1. The van der Waals surface area contributed by atoms with E-state index in [1.54, 1.807) is 0 Å². The fourth-order valence-corrected chi connectivity index (χ4v) is 1.40. The molecule has 0 spiro atoms. The number of rotatable bonds is 2. The average molecular weight is 245 g/mol. The minimum Gasteiger partial charge on any atom is -0.445 e. The zero-order chi connectivity index (χ0) is 12.6. The van der Waals surface area contributed by atoms with E-state index in [1.165, 1.54) is 12.1 Å². The van der Waals surface area contributed by atoms with Gasteiger partial charge < -0.3 is 10.1 Å². The summed E-state index contributed by atoms with van der Waals surface area (Å²) in [5, 5.41) is 24.5. The summed E-state index contributed by atoms with van der Waals surface area (Å²) in [7, 11) is 0. The highest BCUT2D eigenvalue weighted by molar-refractivity contribution is 6.65. The summed E-state index contributed by atoms with van der Waals surface area (Å²) < 4.78 is 38.3. The molecule has 0 aliphatic heterocycles. The Hall–Kier alpha value is -1.61. The van der Waals surface area contributed by atoms with E-state index in [2.05, 4.69) is 10.2 Å². The first-order valence-electron chi connectivity index (χ1n) is 4.64. The van der Waals surface area contributed by atoms with E-state index in [0.29, 0.717) is 0 Å². The van der Waals surface area contributed by atoms with Gasteiger partial charge in [-0.1, -0.05) is 6.07 Å². The summed E-state index contributed by atoms with van der Waals surface area (Å²) in [5.41, 5.74) is 0.177. The van der Waals surface area contributed by atoms with Crippen LogP contribution in [0.3, 0.4) is 0 Å². The van der Waals surface area contributed by atoms with E-state index < -0.39 is 25.4 Å². The van der Waals surface area contributed by atoms with Crippen LogP contribution >= 0.6 is 0 Å². The molecule has 5 nitrogen and oxygen atoms in total. The summed E-state index contributed by atoms with van der Waals surface area (Å²) in [6.45, 7) is -1.81. The molecule has 2 aromatic heterocycles. The van der Waals surface area contributed by atoms with E-state index in [4.69, 9.17) is 5.11 Å². The molecule has 2 heterocycles. The third-order valence-electron chi connectivity index (χ3n) is 2.24. The zero-order valence-electron chi connectivity index (χ0n) is 8.39. The summed E-state index contributed by atoms with van der Waals surface area (Å²) in [5.74, 6) is -1.17. The number of hydrogen-bond donors (Lipinski definition) is 2. The highest BCUT2D eigenvalue weighted by Crippen LogP contribution is 2.27. The molecule has 0 unspecified atom stereocenters. The number of aromatic nitrogens is 3. The standard InChI is InChI=1S/C8H7BF3N3O2/c10-8(11,12)7-14-13-6-2-1-5(3-15(6)7)9(17)4-16/h1-3,16-17H,4H2. The number of aliphatic hydroxyl groups excluding tert-OH is 1. The van der Waals surface area contributed by atoms with Crippen molar-refractivity contribution in [3.05, 3.63) is 24.2 Å². The van der Waals surface area contributed by atoms with Crippen molar-refractivity contribution in [2.75, 3.05) is 6.51 Å². The molecule has 9 heteroatoms. The van der Waals surface area contributed by atoms with Gasteiger partial charge in [-0.25, -0.2) is 0 Å². The van der Waals surface area contributed by atoms with Crippen molar-refractivity contribution in [2.45, 2.75) is 6.18 Å². The SMILES string of the molecule is OCB(O)c1ccc2nnc(C(F)(F)F)n2c1. The van der Waals surface area contributed by atoms with Crippen LogP contribution < -0.4 is 5.46 Å². The van der Waals surface area contributed by atoms with Gasteiger partial charge in [-0.3, -0.25) is 4.40 Å². The van der Waals surface area contributed by atoms with Gasteiger partial charge in [0.1, 0.15) is 0 Å². The van der Waals surface area contributed by atoms with Crippen molar-refractivity contribution in [3.63, 3.8) is 0 Å². The predicted molar refractivity (Wildman–Crippen MR) is 52.7 cm³/mol. The van der Waals surface area contributed by atoms with Crippen LogP contribution in [0.15, 0.2) is 18.3 Å². The topological polar surface area (TPSA) is 70.7 Å². The van der Waals surface area contributed by atoms with Gasteiger partial charge >= 0.3 is 13.1 Å². The van der Waals surface area contributed by atoms with Crippen molar-refractivity contribution >= 4 is 18.0 Å². The van der Waals surface area contributed by atoms with Gasteiger partial charge in [0.05, 0.1) is 6.51 Å². The van der Waals surface area contributed by atoms with E-state index in [1.807, 2.05) is 0 Å². The molecule has 17 heavy (non-hydrogen) atoms. The molecule has 0 atom stereocenters. The minimum absolute atomic E-state index is 0.0196. The van der Waals surface area contributed by atoms with E-state index in [0.717, 1.165) is 10.6 Å². The molecule has 0 aromatic carbocycles. The Morgan fingerprint density at radius 1 is 1.29 bits per heavy atom. The fraction of sp³-hybridized carbons (Fsp3) is 0.250. The van der Waals surface area contributed by atoms with Crippen LogP contribution in [0.25, 0.3) is 5.65 Å². The maximum atomic E-state index is 12.5. The van der Waals surface area contributed by atoms with Crippen molar-refractivity contribution < 1.29 is 23.3 Å². The predicted octanol–water partition coefficient (Wildman–Crippen LogP) is -0.530. The van der Waals surface area contributed by atoms with Crippen molar-refractivity contribution in [3.8, 4) is 0 Å². The van der Waals surface area contributed by atoms with Crippen LogP contribution in [-0.4, -0.2) is 38.2 Å². The molecule has 0 aliphatic rings. The lowest BCUT2D eigenvalue weighted by Crippen LogP contribution is -2.35. The largest absolute Gasteiger partial charge is 0.452 e. The van der Waals surface area contributed by atoms with Crippen LogP contribution in [0.5, 0.6) is 0 Å². The molecule has 2 aromatic rings. The van der Waals surface area contributed by atoms with Crippen LogP contribution in [0.1, 0.15) is 5.82 Å². The first-order valence-corrected chi connectivity index (χ1v) is 4.64. The Morgan fingerprint density at radius 2 is 2.00 bits per heavy atom. The summed E-state index contributed by atoms with van der Waals surface area (Å²) >= 11 is 0. The molecular weight excluding hydrogens is 238 g/mol. The summed E-state index contributed by atoms with van der Waals surface area (Å²) in [4.78, 5) is 0. The molecule has 0 saturated carbocycles. The number of fused-ring (bicyclic) bond motifs is 1. The maximum absolute atomic E-state index is 12.5. The molecule has 0 fully saturated rings. The number of hydrogen-bond acceptors (Lipinski definition) is 4. The molecular formula is C8H7BF3N3O2. The molecule has 2 N–H and O–H groups in total. The lowest BCUT2D eigenvalue weighted by atomic mass is 9.63. The summed E-state index contributed by atoms with van der Waals surface area (Å²) in [6.07, 6.45) is -3.57. The molecule has 2 rings (SSSR count). The van der Waals surface area contributed by atoms with Gasteiger partial charge in [-0.2, -0.15) is 13.2 Å². The fourth-order valence-electron chi connectivity index (χ4n) is 1.40. The second-order valence-electron chi connectivity index (χ2n) is 3.41. The van der Waals surface area contributed by atoms with Crippen LogP contribution in [-0.2, 0) is 6.18 Å². The highest BCUT2D eigenvalue weighted by atomic mass is 19.4. The number of pyridine rings is 1. The first-order chi connectivity index (χ1) is 7.93. The molecule has 0 saturated heterocycles. The molecule has 0 bridgehead atoms. The average Bonchev–Trinajstić information content (AvgIpc) is 2.70. The van der Waals surface area contributed by atoms with Gasteiger partial charge in [0.25, 0.3) is 0 Å². The molecule has 0 aliphatic carbocycles.